The average Bonchev–Trinajstić information content (AvgIpc) is 2.98. The number of benzene rings is 1. The highest BCUT2D eigenvalue weighted by atomic mass is 32.2. The standard InChI is InChI=1S/C11H17N3O2S/c1-2-7-5-10(7)14-9-4-3-8(12)6-11(9)17(13,15)16/h3-4,6-7,10,14H,2,5,12H2,1H3,(H2,13,15,16). The van der Waals surface area contributed by atoms with E-state index < -0.39 is 10.0 Å². The second kappa shape index (κ2) is 4.19. The number of nitrogens with two attached hydrogens (primary N) is 2. The maximum absolute atomic E-state index is 11.4. The van der Waals surface area contributed by atoms with Crippen LogP contribution in [0.3, 0.4) is 0 Å². The van der Waals surface area contributed by atoms with Crippen molar-refractivity contribution in [1.29, 1.82) is 0 Å². The van der Waals surface area contributed by atoms with Gasteiger partial charge in [0, 0.05) is 11.7 Å². The van der Waals surface area contributed by atoms with Crippen LogP contribution in [0.5, 0.6) is 0 Å². The van der Waals surface area contributed by atoms with Gasteiger partial charge in [-0.1, -0.05) is 13.3 Å². The lowest BCUT2D eigenvalue weighted by atomic mass is 10.2. The molecular formula is C11H17N3O2S. The molecule has 0 aromatic heterocycles. The molecule has 0 saturated heterocycles. The van der Waals surface area contributed by atoms with Crippen molar-refractivity contribution in [2.45, 2.75) is 30.7 Å². The van der Waals surface area contributed by atoms with Crippen LogP contribution in [0.4, 0.5) is 11.4 Å². The van der Waals surface area contributed by atoms with E-state index in [4.69, 9.17) is 10.9 Å². The first-order valence-corrected chi connectivity index (χ1v) is 7.15. The minimum Gasteiger partial charge on any atom is -0.399 e. The van der Waals surface area contributed by atoms with E-state index in [1.165, 1.54) is 6.07 Å². The van der Waals surface area contributed by atoms with Crippen LogP contribution in [0, 0.1) is 5.92 Å². The lowest BCUT2D eigenvalue weighted by molar-refractivity contribution is 0.598. The first-order chi connectivity index (χ1) is 7.91. The number of anilines is 2. The van der Waals surface area contributed by atoms with Crippen molar-refractivity contribution in [3.05, 3.63) is 18.2 Å². The van der Waals surface area contributed by atoms with Crippen molar-refractivity contribution < 1.29 is 8.42 Å². The number of nitrogen functional groups attached to an aromatic ring is 1. The molecule has 94 valence electrons. The van der Waals surface area contributed by atoms with Gasteiger partial charge in [-0.2, -0.15) is 0 Å². The van der Waals surface area contributed by atoms with Crippen molar-refractivity contribution in [1.82, 2.24) is 0 Å². The van der Waals surface area contributed by atoms with Crippen molar-refractivity contribution in [2.24, 2.45) is 11.1 Å². The molecule has 0 heterocycles. The summed E-state index contributed by atoms with van der Waals surface area (Å²) in [4.78, 5) is 0.0688. The summed E-state index contributed by atoms with van der Waals surface area (Å²) >= 11 is 0. The largest absolute Gasteiger partial charge is 0.399 e. The summed E-state index contributed by atoms with van der Waals surface area (Å²) in [6.07, 6.45) is 2.17. The molecule has 0 aliphatic heterocycles. The van der Waals surface area contributed by atoms with E-state index >= 15 is 0 Å². The fourth-order valence-electron chi connectivity index (χ4n) is 1.97. The predicted octanol–water partition coefficient (Wildman–Crippen LogP) is 1.13. The second-order valence-electron chi connectivity index (χ2n) is 4.46. The summed E-state index contributed by atoms with van der Waals surface area (Å²) in [5.74, 6) is 0.626. The van der Waals surface area contributed by atoms with Crippen molar-refractivity contribution in [2.75, 3.05) is 11.1 Å². The molecule has 5 N–H and O–H groups in total. The monoisotopic (exact) mass is 255 g/mol. The zero-order valence-electron chi connectivity index (χ0n) is 9.68. The Morgan fingerprint density at radius 1 is 1.47 bits per heavy atom. The van der Waals surface area contributed by atoms with E-state index in [0.29, 0.717) is 23.3 Å². The maximum Gasteiger partial charge on any atom is 0.240 e. The number of sulfonamides is 1. The van der Waals surface area contributed by atoms with Gasteiger partial charge in [-0.25, -0.2) is 13.6 Å². The summed E-state index contributed by atoms with van der Waals surface area (Å²) in [5, 5.41) is 8.37. The van der Waals surface area contributed by atoms with E-state index in [-0.39, 0.29) is 4.90 Å². The normalized spacial score (nSPS) is 23.4. The quantitative estimate of drug-likeness (QED) is 0.702. The van der Waals surface area contributed by atoms with Gasteiger partial charge in [0.1, 0.15) is 4.90 Å². The van der Waals surface area contributed by atoms with Gasteiger partial charge >= 0.3 is 0 Å². The maximum atomic E-state index is 11.4. The number of rotatable bonds is 4. The van der Waals surface area contributed by atoms with Gasteiger partial charge in [0.15, 0.2) is 0 Å². The Balaban J connectivity index is 2.28. The molecule has 0 radical (unpaired) electrons. The van der Waals surface area contributed by atoms with Gasteiger partial charge < -0.3 is 11.1 Å². The molecule has 6 heteroatoms. The molecule has 1 aliphatic carbocycles. The number of nitrogens with one attached hydrogen (secondary N) is 1. The number of primary sulfonamides is 1. The Kier molecular flexibility index (Phi) is 3.01. The third kappa shape index (κ3) is 2.70. The van der Waals surface area contributed by atoms with Crippen LogP contribution in [0.1, 0.15) is 19.8 Å². The average molecular weight is 255 g/mol. The predicted molar refractivity (Wildman–Crippen MR) is 68.0 cm³/mol. The van der Waals surface area contributed by atoms with Gasteiger partial charge in [0.05, 0.1) is 5.69 Å². The fourth-order valence-corrected chi connectivity index (χ4v) is 2.70. The van der Waals surface area contributed by atoms with Gasteiger partial charge in [0.2, 0.25) is 10.0 Å². The third-order valence-electron chi connectivity index (χ3n) is 3.10. The first-order valence-electron chi connectivity index (χ1n) is 5.60. The zero-order chi connectivity index (χ0) is 12.6. The van der Waals surface area contributed by atoms with E-state index in [9.17, 15) is 8.42 Å². The van der Waals surface area contributed by atoms with E-state index in [1.807, 2.05) is 0 Å². The molecule has 1 aliphatic rings. The molecular weight excluding hydrogens is 238 g/mol. The van der Waals surface area contributed by atoms with Crippen LogP contribution >= 0.6 is 0 Å². The van der Waals surface area contributed by atoms with Crippen molar-refractivity contribution in [3.8, 4) is 0 Å². The lowest BCUT2D eigenvalue weighted by Gasteiger charge is -2.11. The SMILES string of the molecule is CCC1CC1Nc1ccc(N)cc1S(N)(=O)=O. The summed E-state index contributed by atoms with van der Waals surface area (Å²) in [7, 11) is -3.74. The molecule has 0 amide bonds. The highest BCUT2D eigenvalue weighted by Crippen LogP contribution is 2.37. The Morgan fingerprint density at radius 3 is 2.71 bits per heavy atom. The van der Waals surface area contributed by atoms with Gasteiger partial charge in [-0.15, -0.1) is 0 Å². The fraction of sp³-hybridized carbons (Fsp3) is 0.455. The summed E-state index contributed by atoms with van der Waals surface area (Å²) < 4.78 is 22.9. The van der Waals surface area contributed by atoms with Crippen LogP contribution in [-0.4, -0.2) is 14.5 Å². The molecule has 5 nitrogen and oxygen atoms in total. The highest BCUT2D eigenvalue weighted by Gasteiger charge is 2.35. The molecule has 2 unspecified atom stereocenters. The summed E-state index contributed by atoms with van der Waals surface area (Å²) in [6, 6.07) is 5.07. The highest BCUT2D eigenvalue weighted by molar-refractivity contribution is 7.89. The van der Waals surface area contributed by atoms with Crippen LogP contribution in [0.2, 0.25) is 0 Å². The Morgan fingerprint density at radius 2 is 2.18 bits per heavy atom. The number of hydrogen-bond donors (Lipinski definition) is 3. The molecule has 1 aromatic carbocycles. The minimum absolute atomic E-state index is 0.0688. The summed E-state index contributed by atoms with van der Waals surface area (Å²) in [6.45, 7) is 2.12. The Hall–Kier alpha value is -1.27. The molecule has 2 atom stereocenters. The van der Waals surface area contributed by atoms with Crippen LogP contribution < -0.4 is 16.2 Å². The van der Waals surface area contributed by atoms with Crippen LogP contribution in [0.25, 0.3) is 0 Å². The van der Waals surface area contributed by atoms with Crippen LogP contribution in [0.15, 0.2) is 23.1 Å². The Labute approximate surface area is 101 Å². The van der Waals surface area contributed by atoms with Gasteiger partial charge in [-0.3, -0.25) is 0 Å². The van der Waals surface area contributed by atoms with Crippen molar-refractivity contribution >= 4 is 21.4 Å². The summed E-state index contributed by atoms with van der Waals surface area (Å²) in [5.41, 5.74) is 6.51. The van der Waals surface area contributed by atoms with E-state index in [0.717, 1.165) is 12.8 Å². The van der Waals surface area contributed by atoms with E-state index in [2.05, 4.69) is 12.2 Å². The molecule has 2 rings (SSSR count). The van der Waals surface area contributed by atoms with Crippen LogP contribution in [-0.2, 0) is 10.0 Å². The first kappa shape index (κ1) is 12.2. The molecule has 0 spiro atoms. The molecule has 1 fully saturated rings. The molecule has 1 saturated carbocycles. The number of hydrogen-bond acceptors (Lipinski definition) is 4. The molecule has 17 heavy (non-hydrogen) atoms. The minimum atomic E-state index is -3.74. The lowest BCUT2D eigenvalue weighted by Crippen LogP contribution is -2.16. The topological polar surface area (TPSA) is 98.2 Å². The Bertz CT molecular complexity index is 528. The zero-order valence-corrected chi connectivity index (χ0v) is 10.5. The smallest absolute Gasteiger partial charge is 0.240 e. The second-order valence-corrected chi connectivity index (χ2v) is 5.99. The van der Waals surface area contributed by atoms with Crippen molar-refractivity contribution in [3.63, 3.8) is 0 Å². The third-order valence-corrected chi connectivity index (χ3v) is 4.05. The van der Waals surface area contributed by atoms with Gasteiger partial charge in [0.25, 0.3) is 0 Å². The molecule has 0 bridgehead atoms. The van der Waals surface area contributed by atoms with Gasteiger partial charge in [-0.05, 0) is 30.5 Å². The molecule has 1 aromatic rings. The van der Waals surface area contributed by atoms with E-state index in [1.54, 1.807) is 12.1 Å².